The van der Waals surface area contributed by atoms with E-state index in [4.69, 9.17) is 0 Å². The summed E-state index contributed by atoms with van der Waals surface area (Å²) in [5.74, 6) is -0.0881. The molecule has 1 N–H and O–H groups in total. The Hall–Kier alpha value is -0.600. The Labute approximate surface area is 96.5 Å². The predicted molar refractivity (Wildman–Crippen MR) is 63.0 cm³/mol. The normalized spacial score (nSPS) is 20.8. The molecule has 1 heterocycles. The highest BCUT2D eigenvalue weighted by molar-refractivity contribution is 5.85. The molecule has 2 rings (SSSR count). The van der Waals surface area contributed by atoms with E-state index in [-0.39, 0.29) is 18.2 Å². The molecule has 1 aromatic carbocycles. The summed E-state index contributed by atoms with van der Waals surface area (Å²) in [5.41, 5.74) is 1.93. The first kappa shape index (κ1) is 12.5. The fraction of sp³-hybridized carbons (Fsp3) is 0.500. The molecule has 3 heteroatoms. The van der Waals surface area contributed by atoms with Gasteiger partial charge in [0.25, 0.3) is 0 Å². The van der Waals surface area contributed by atoms with Crippen molar-refractivity contribution < 1.29 is 4.39 Å². The van der Waals surface area contributed by atoms with E-state index in [0.29, 0.717) is 6.04 Å². The summed E-state index contributed by atoms with van der Waals surface area (Å²) in [4.78, 5) is 0. The van der Waals surface area contributed by atoms with Crippen LogP contribution in [0.4, 0.5) is 4.39 Å². The Bertz CT molecular complexity index is 321. The first-order chi connectivity index (χ1) is 6.79. The van der Waals surface area contributed by atoms with Crippen molar-refractivity contribution in [2.45, 2.75) is 32.2 Å². The molecule has 0 saturated carbocycles. The van der Waals surface area contributed by atoms with Crippen LogP contribution in [-0.4, -0.2) is 6.54 Å². The second-order valence-corrected chi connectivity index (χ2v) is 3.96. The minimum absolute atomic E-state index is 0. The highest BCUT2D eigenvalue weighted by atomic mass is 35.5. The van der Waals surface area contributed by atoms with Crippen LogP contribution in [-0.2, 0) is 0 Å². The highest BCUT2D eigenvalue weighted by Crippen LogP contribution is 2.26. The summed E-state index contributed by atoms with van der Waals surface area (Å²) in [6, 6.07) is 5.72. The topological polar surface area (TPSA) is 12.0 Å². The number of benzene rings is 1. The Morgan fingerprint density at radius 3 is 2.80 bits per heavy atom. The number of hydrogen-bond acceptors (Lipinski definition) is 1. The van der Waals surface area contributed by atoms with Gasteiger partial charge in [-0.3, -0.25) is 0 Å². The van der Waals surface area contributed by atoms with E-state index in [0.717, 1.165) is 24.1 Å². The number of hydrogen-bond donors (Lipinski definition) is 1. The van der Waals surface area contributed by atoms with Gasteiger partial charge in [-0.2, -0.15) is 0 Å². The van der Waals surface area contributed by atoms with E-state index in [9.17, 15) is 4.39 Å². The van der Waals surface area contributed by atoms with Gasteiger partial charge in [-0.15, -0.1) is 12.4 Å². The van der Waals surface area contributed by atoms with Crippen molar-refractivity contribution >= 4 is 12.4 Å². The van der Waals surface area contributed by atoms with Crippen molar-refractivity contribution in [3.05, 3.63) is 35.1 Å². The lowest BCUT2D eigenvalue weighted by Crippen LogP contribution is -2.27. The van der Waals surface area contributed by atoms with E-state index < -0.39 is 0 Å². The van der Waals surface area contributed by atoms with Gasteiger partial charge in [0.05, 0.1) is 0 Å². The monoisotopic (exact) mass is 229 g/mol. The maximum absolute atomic E-state index is 13.3. The summed E-state index contributed by atoms with van der Waals surface area (Å²) in [6.07, 6.45) is 3.61. The second-order valence-electron chi connectivity index (χ2n) is 3.96. The van der Waals surface area contributed by atoms with Gasteiger partial charge in [-0.05, 0) is 43.5 Å². The van der Waals surface area contributed by atoms with Crippen LogP contribution in [0.5, 0.6) is 0 Å². The Morgan fingerprint density at radius 1 is 1.33 bits per heavy atom. The number of piperidine rings is 1. The SMILES string of the molecule is Cc1c(F)cccc1[C@H]1CCCCN1.Cl. The summed E-state index contributed by atoms with van der Waals surface area (Å²) in [6.45, 7) is 2.92. The third kappa shape index (κ3) is 2.70. The van der Waals surface area contributed by atoms with Gasteiger partial charge in [0.1, 0.15) is 5.82 Å². The molecule has 1 aliphatic heterocycles. The van der Waals surface area contributed by atoms with E-state index in [2.05, 4.69) is 5.32 Å². The van der Waals surface area contributed by atoms with Crippen molar-refractivity contribution in [2.24, 2.45) is 0 Å². The second kappa shape index (κ2) is 5.47. The lowest BCUT2D eigenvalue weighted by atomic mass is 9.94. The van der Waals surface area contributed by atoms with Crippen molar-refractivity contribution in [1.82, 2.24) is 5.32 Å². The summed E-state index contributed by atoms with van der Waals surface area (Å²) in [5, 5.41) is 3.44. The van der Waals surface area contributed by atoms with Gasteiger partial charge < -0.3 is 5.32 Å². The predicted octanol–water partition coefficient (Wildman–Crippen LogP) is 3.37. The molecule has 1 nitrogen and oxygen atoms in total. The average molecular weight is 230 g/mol. The van der Waals surface area contributed by atoms with Crippen LogP contribution in [0.25, 0.3) is 0 Å². The molecule has 0 spiro atoms. The van der Waals surface area contributed by atoms with Crippen LogP contribution < -0.4 is 5.32 Å². The van der Waals surface area contributed by atoms with E-state index in [1.165, 1.54) is 18.9 Å². The number of rotatable bonds is 1. The third-order valence-electron chi connectivity index (χ3n) is 3.00. The molecule has 15 heavy (non-hydrogen) atoms. The minimum atomic E-state index is -0.0881. The maximum atomic E-state index is 13.3. The molecule has 0 bridgehead atoms. The summed E-state index contributed by atoms with van der Waals surface area (Å²) >= 11 is 0. The molecule has 1 aliphatic rings. The number of halogens is 2. The van der Waals surface area contributed by atoms with Crippen LogP contribution in [0.2, 0.25) is 0 Å². The van der Waals surface area contributed by atoms with Gasteiger partial charge in [0.15, 0.2) is 0 Å². The standard InChI is InChI=1S/C12H16FN.ClH/c1-9-10(5-4-6-11(9)13)12-7-2-3-8-14-12;/h4-6,12,14H,2-3,7-8H2,1H3;1H/t12-;/m1./s1. The largest absolute Gasteiger partial charge is 0.310 e. The first-order valence-corrected chi connectivity index (χ1v) is 5.27. The highest BCUT2D eigenvalue weighted by Gasteiger charge is 2.17. The molecular weight excluding hydrogens is 213 g/mol. The molecule has 0 radical (unpaired) electrons. The van der Waals surface area contributed by atoms with Crippen molar-refractivity contribution in [2.75, 3.05) is 6.54 Å². The molecule has 1 fully saturated rings. The molecule has 1 saturated heterocycles. The zero-order valence-corrected chi connectivity index (χ0v) is 9.74. The Balaban J connectivity index is 0.00000112. The molecule has 0 aliphatic carbocycles. The Kier molecular flexibility index (Phi) is 4.55. The smallest absolute Gasteiger partial charge is 0.126 e. The Morgan fingerprint density at radius 2 is 2.13 bits per heavy atom. The molecule has 1 aromatic rings. The van der Waals surface area contributed by atoms with Crippen LogP contribution in [0, 0.1) is 12.7 Å². The van der Waals surface area contributed by atoms with Gasteiger partial charge in [-0.25, -0.2) is 4.39 Å². The van der Waals surface area contributed by atoms with Crippen LogP contribution in [0.15, 0.2) is 18.2 Å². The molecule has 0 unspecified atom stereocenters. The summed E-state index contributed by atoms with van der Waals surface area (Å²) in [7, 11) is 0. The lowest BCUT2D eigenvalue weighted by molar-refractivity contribution is 0.409. The molecule has 84 valence electrons. The van der Waals surface area contributed by atoms with Gasteiger partial charge >= 0.3 is 0 Å². The van der Waals surface area contributed by atoms with Gasteiger partial charge in [0.2, 0.25) is 0 Å². The first-order valence-electron chi connectivity index (χ1n) is 5.27. The van der Waals surface area contributed by atoms with Crippen LogP contribution >= 0.6 is 12.4 Å². The van der Waals surface area contributed by atoms with E-state index in [1.54, 1.807) is 6.07 Å². The van der Waals surface area contributed by atoms with Crippen LogP contribution in [0.3, 0.4) is 0 Å². The van der Waals surface area contributed by atoms with E-state index in [1.807, 2.05) is 13.0 Å². The fourth-order valence-corrected chi connectivity index (χ4v) is 2.12. The van der Waals surface area contributed by atoms with E-state index >= 15 is 0 Å². The molecule has 1 atom stereocenters. The summed E-state index contributed by atoms with van der Waals surface area (Å²) < 4.78 is 13.3. The lowest BCUT2D eigenvalue weighted by Gasteiger charge is -2.25. The maximum Gasteiger partial charge on any atom is 0.126 e. The minimum Gasteiger partial charge on any atom is -0.310 e. The van der Waals surface area contributed by atoms with Crippen molar-refractivity contribution in [3.63, 3.8) is 0 Å². The zero-order chi connectivity index (χ0) is 9.97. The molecule has 0 aromatic heterocycles. The fourth-order valence-electron chi connectivity index (χ4n) is 2.12. The zero-order valence-electron chi connectivity index (χ0n) is 8.92. The van der Waals surface area contributed by atoms with Crippen molar-refractivity contribution in [1.29, 1.82) is 0 Å². The third-order valence-corrected chi connectivity index (χ3v) is 3.00. The molecule has 0 amide bonds. The number of nitrogens with one attached hydrogen (secondary N) is 1. The molecular formula is C12H17ClFN. The van der Waals surface area contributed by atoms with Crippen LogP contribution in [0.1, 0.15) is 36.4 Å². The van der Waals surface area contributed by atoms with Gasteiger partial charge in [-0.1, -0.05) is 18.6 Å². The quantitative estimate of drug-likeness (QED) is 0.779. The average Bonchev–Trinajstić information content (AvgIpc) is 2.23. The van der Waals surface area contributed by atoms with Gasteiger partial charge in [0, 0.05) is 6.04 Å². The van der Waals surface area contributed by atoms with Crippen molar-refractivity contribution in [3.8, 4) is 0 Å².